The van der Waals surface area contributed by atoms with Gasteiger partial charge in [-0.3, -0.25) is 9.59 Å². The Hall–Kier alpha value is -2.17. The molecule has 1 aliphatic heterocycles. The Morgan fingerprint density at radius 1 is 1.13 bits per heavy atom. The molecule has 168 valence electrons. The maximum atomic E-state index is 12.9. The van der Waals surface area contributed by atoms with Crippen LogP contribution in [0, 0.1) is 5.92 Å². The van der Waals surface area contributed by atoms with Crippen molar-refractivity contribution in [2.75, 3.05) is 18.4 Å². The molecule has 1 aromatic heterocycles. The van der Waals surface area contributed by atoms with Crippen molar-refractivity contribution < 1.29 is 18.0 Å². The van der Waals surface area contributed by atoms with Crippen LogP contribution in [0.4, 0.5) is 5.13 Å². The van der Waals surface area contributed by atoms with Crippen molar-refractivity contribution in [3.8, 4) is 0 Å². The molecular weight excluding hydrogens is 436 g/mol. The van der Waals surface area contributed by atoms with Crippen molar-refractivity contribution in [3.63, 3.8) is 0 Å². The van der Waals surface area contributed by atoms with Crippen molar-refractivity contribution in [1.82, 2.24) is 14.5 Å². The Labute approximate surface area is 187 Å². The van der Waals surface area contributed by atoms with Gasteiger partial charge in [0.15, 0.2) is 5.78 Å². The molecule has 1 N–H and O–H groups in total. The van der Waals surface area contributed by atoms with Crippen LogP contribution in [0.25, 0.3) is 0 Å². The molecule has 1 saturated heterocycles. The Bertz CT molecular complexity index is 1020. The van der Waals surface area contributed by atoms with Crippen LogP contribution in [0.15, 0.2) is 29.2 Å². The number of hydrogen-bond acceptors (Lipinski definition) is 7. The molecule has 10 heteroatoms. The van der Waals surface area contributed by atoms with Crippen LogP contribution < -0.4 is 5.32 Å². The summed E-state index contributed by atoms with van der Waals surface area (Å²) in [5.74, 6) is -0.179. The number of piperidine rings is 1. The maximum absolute atomic E-state index is 12.9. The quantitative estimate of drug-likeness (QED) is 0.597. The normalized spacial score (nSPS) is 15.9. The first kappa shape index (κ1) is 23.5. The van der Waals surface area contributed by atoms with Crippen LogP contribution in [0.5, 0.6) is 0 Å². The van der Waals surface area contributed by atoms with Gasteiger partial charge >= 0.3 is 0 Å². The molecule has 1 fully saturated rings. The Morgan fingerprint density at radius 2 is 1.74 bits per heavy atom. The Morgan fingerprint density at radius 3 is 2.29 bits per heavy atom. The summed E-state index contributed by atoms with van der Waals surface area (Å²) in [6, 6.07) is 5.95. The molecule has 0 unspecified atom stereocenters. The van der Waals surface area contributed by atoms with Crippen LogP contribution in [0.3, 0.4) is 0 Å². The zero-order valence-corrected chi connectivity index (χ0v) is 19.6. The van der Waals surface area contributed by atoms with Crippen LogP contribution in [0.2, 0.25) is 0 Å². The summed E-state index contributed by atoms with van der Waals surface area (Å²) in [6.07, 6.45) is 2.83. The van der Waals surface area contributed by atoms with Gasteiger partial charge in [-0.2, -0.15) is 4.31 Å². The van der Waals surface area contributed by atoms with E-state index in [4.69, 9.17) is 0 Å². The van der Waals surface area contributed by atoms with E-state index in [-0.39, 0.29) is 35.6 Å². The van der Waals surface area contributed by atoms with Crippen molar-refractivity contribution in [2.45, 2.75) is 57.3 Å². The summed E-state index contributed by atoms with van der Waals surface area (Å²) in [4.78, 5) is 24.2. The zero-order chi connectivity index (χ0) is 22.6. The van der Waals surface area contributed by atoms with E-state index in [1.807, 2.05) is 0 Å². The molecule has 31 heavy (non-hydrogen) atoms. The molecule has 0 bridgehead atoms. The lowest BCUT2D eigenvalue weighted by Gasteiger charge is -2.30. The number of hydrogen-bond donors (Lipinski definition) is 1. The first-order valence-electron chi connectivity index (χ1n) is 10.5. The first-order chi connectivity index (χ1) is 14.8. The maximum Gasteiger partial charge on any atom is 0.243 e. The second-order valence-corrected chi connectivity index (χ2v) is 10.7. The van der Waals surface area contributed by atoms with Gasteiger partial charge in [0.25, 0.3) is 0 Å². The van der Waals surface area contributed by atoms with Gasteiger partial charge in [-0.05, 0) is 44.7 Å². The van der Waals surface area contributed by atoms with Gasteiger partial charge in [0.1, 0.15) is 5.01 Å². The van der Waals surface area contributed by atoms with E-state index >= 15 is 0 Å². The largest absolute Gasteiger partial charge is 0.300 e. The minimum Gasteiger partial charge on any atom is -0.300 e. The number of nitrogens with zero attached hydrogens (tertiary/aromatic N) is 3. The lowest BCUT2D eigenvalue weighted by Crippen LogP contribution is -2.41. The molecule has 0 atom stereocenters. The molecule has 0 radical (unpaired) electrons. The fraction of sp³-hybridized carbons (Fsp3) is 0.524. The molecule has 1 aliphatic rings. The number of Topliss-reactive ketones (excluding diaryl/α,β-unsaturated/α-hetero) is 1. The van der Waals surface area contributed by atoms with Gasteiger partial charge in [0, 0.05) is 30.5 Å². The predicted octanol–water partition coefficient (Wildman–Crippen LogP) is 3.68. The van der Waals surface area contributed by atoms with Crippen LogP contribution in [-0.4, -0.2) is 47.7 Å². The number of ketones is 1. The first-order valence-corrected chi connectivity index (χ1v) is 12.8. The third-order valence-corrected chi connectivity index (χ3v) is 8.64. The number of amides is 1. The molecule has 3 rings (SSSR count). The summed E-state index contributed by atoms with van der Waals surface area (Å²) >= 11 is 1.40. The zero-order valence-electron chi connectivity index (χ0n) is 18.0. The van der Waals surface area contributed by atoms with Crippen LogP contribution in [0.1, 0.15) is 67.7 Å². The minimum absolute atomic E-state index is 0.113. The molecule has 8 nitrogen and oxygen atoms in total. The number of aromatic nitrogens is 2. The molecule has 2 heterocycles. The summed E-state index contributed by atoms with van der Waals surface area (Å²) in [5.41, 5.74) is 0.471. The van der Waals surface area contributed by atoms with Crippen LogP contribution >= 0.6 is 11.3 Å². The fourth-order valence-electron chi connectivity index (χ4n) is 3.66. The monoisotopic (exact) mass is 464 g/mol. The Kier molecular flexibility index (Phi) is 7.55. The van der Waals surface area contributed by atoms with Gasteiger partial charge in [-0.25, -0.2) is 8.42 Å². The van der Waals surface area contributed by atoms with E-state index in [9.17, 15) is 18.0 Å². The smallest absolute Gasteiger partial charge is 0.243 e. The second kappa shape index (κ2) is 9.97. The van der Waals surface area contributed by atoms with Crippen molar-refractivity contribution in [2.24, 2.45) is 5.92 Å². The second-order valence-electron chi connectivity index (χ2n) is 7.71. The third kappa shape index (κ3) is 5.36. The highest BCUT2D eigenvalue weighted by Gasteiger charge is 2.32. The standard InChI is InChI=1S/C21H28N4O4S2/c1-4-15(5-2)20-23-24-21(30-20)22-19(27)17-10-12-25(13-11-17)31(28,29)18-8-6-16(7-9-18)14(3)26/h6-9,15,17H,4-5,10-13H2,1-3H3,(H,22,24,27). The molecule has 0 saturated carbocycles. The SMILES string of the molecule is CCC(CC)c1nnc(NC(=O)C2CCN(S(=O)(=O)c3ccc(C(C)=O)cc3)CC2)s1. The number of benzene rings is 1. The average Bonchev–Trinajstić information content (AvgIpc) is 3.23. The summed E-state index contributed by atoms with van der Waals surface area (Å²) in [6.45, 7) is 6.18. The summed E-state index contributed by atoms with van der Waals surface area (Å²) in [5, 5.41) is 12.5. The van der Waals surface area contributed by atoms with E-state index in [1.165, 1.54) is 46.8 Å². The minimum atomic E-state index is -3.65. The fourth-order valence-corrected chi connectivity index (χ4v) is 6.15. The van der Waals surface area contributed by atoms with E-state index < -0.39 is 10.0 Å². The summed E-state index contributed by atoms with van der Waals surface area (Å²) in [7, 11) is -3.65. The number of nitrogens with one attached hydrogen (secondary N) is 1. The van der Waals surface area contributed by atoms with E-state index in [0.29, 0.717) is 29.5 Å². The number of sulfonamides is 1. The van der Waals surface area contributed by atoms with E-state index in [0.717, 1.165) is 17.8 Å². The highest BCUT2D eigenvalue weighted by atomic mass is 32.2. The van der Waals surface area contributed by atoms with Gasteiger partial charge in [0.2, 0.25) is 21.1 Å². The summed E-state index contributed by atoms with van der Waals surface area (Å²) < 4.78 is 27.2. The highest BCUT2D eigenvalue weighted by Crippen LogP contribution is 2.29. The Balaban J connectivity index is 1.58. The lowest BCUT2D eigenvalue weighted by atomic mass is 9.97. The van der Waals surface area contributed by atoms with E-state index in [2.05, 4.69) is 29.4 Å². The van der Waals surface area contributed by atoms with Crippen molar-refractivity contribution in [3.05, 3.63) is 34.8 Å². The number of anilines is 1. The average molecular weight is 465 g/mol. The van der Waals surface area contributed by atoms with Gasteiger partial charge in [0.05, 0.1) is 4.90 Å². The highest BCUT2D eigenvalue weighted by molar-refractivity contribution is 7.89. The molecule has 0 spiro atoms. The molecule has 1 aromatic carbocycles. The molecular formula is C21H28N4O4S2. The number of carbonyl (C=O) groups excluding carboxylic acids is 2. The van der Waals surface area contributed by atoms with Gasteiger partial charge < -0.3 is 5.32 Å². The number of carbonyl (C=O) groups is 2. The van der Waals surface area contributed by atoms with Crippen molar-refractivity contribution in [1.29, 1.82) is 0 Å². The van der Waals surface area contributed by atoms with Gasteiger partial charge in [-0.15, -0.1) is 10.2 Å². The van der Waals surface area contributed by atoms with Gasteiger partial charge in [-0.1, -0.05) is 37.3 Å². The van der Waals surface area contributed by atoms with Crippen molar-refractivity contribution >= 4 is 38.2 Å². The topological polar surface area (TPSA) is 109 Å². The predicted molar refractivity (Wildman–Crippen MR) is 120 cm³/mol. The molecule has 2 aromatic rings. The lowest BCUT2D eigenvalue weighted by molar-refractivity contribution is -0.120. The van der Waals surface area contributed by atoms with Crippen LogP contribution in [-0.2, 0) is 14.8 Å². The van der Waals surface area contributed by atoms with E-state index in [1.54, 1.807) is 0 Å². The molecule has 1 amide bonds. The molecule has 0 aliphatic carbocycles. The third-order valence-electron chi connectivity index (χ3n) is 5.73. The number of rotatable bonds is 8.